The molecule has 1 heterocycles. The summed E-state index contributed by atoms with van der Waals surface area (Å²) in [5, 5.41) is 15.1. The lowest BCUT2D eigenvalue weighted by molar-refractivity contribution is -0.139. The normalized spacial score (nSPS) is 11.7. The predicted octanol–water partition coefficient (Wildman–Crippen LogP) is 2.31. The Bertz CT molecular complexity index is 662. The second kappa shape index (κ2) is 8.26. The van der Waals surface area contributed by atoms with Gasteiger partial charge in [-0.3, -0.25) is 14.6 Å². The van der Waals surface area contributed by atoms with E-state index in [1.807, 2.05) is 6.07 Å². The lowest BCUT2D eigenvalue weighted by atomic mass is 10.1. The van der Waals surface area contributed by atoms with Crippen LogP contribution in [0.5, 0.6) is 0 Å². The number of amides is 1. The second-order valence-electron chi connectivity index (χ2n) is 4.89. The first-order chi connectivity index (χ1) is 11.0. The van der Waals surface area contributed by atoms with Crippen LogP contribution in [0.4, 0.5) is 5.69 Å². The summed E-state index contributed by atoms with van der Waals surface area (Å²) >= 11 is 5.79. The van der Waals surface area contributed by atoms with Crippen LogP contribution in [0.3, 0.4) is 0 Å². The summed E-state index contributed by atoms with van der Waals surface area (Å²) in [6, 6.07) is 9.35. The molecule has 0 bridgehead atoms. The van der Waals surface area contributed by atoms with Crippen molar-refractivity contribution in [3.05, 3.63) is 59.4 Å². The molecular formula is C16H16ClN3O3. The smallest absolute Gasteiger partial charge is 0.305 e. The summed E-state index contributed by atoms with van der Waals surface area (Å²) in [6.07, 6.45) is 2.98. The van der Waals surface area contributed by atoms with Crippen molar-refractivity contribution in [2.45, 2.75) is 19.0 Å². The molecule has 0 saturated heterocycles. The summed E-state index contributed by atoms with van der Waals surface area (Å²) in [6.45, 7) is 0.347. The van der Waals surface area contributed by atoms with Gasteiger partial charge in [0.15, 0.2) is 0 Å². The zero-order valence-electron chi connectivity index (χ0n) is 12.2. The van der Waals surface area contributed by atoms with E-state index in [1.165, 1.54) is 0 Å². The maximum absolute atomic E-state index is 12.3. The number of carbonyl (C=O) groups excluding carboxylic acids is 1. The van der Waals surface area contributed by atoms with Crippen LogP contribution in [0.25, 0.3) is 0 Å². The Hall–Kier alpha value is -2.44. The highest BCUT2D eigenvalue weighted by Gasteiger charge is 2.21. The molecule has 0 aliphatic rings. The molecule has 1 amide bonds. The largest absolute Gasteiger partial charge is 0.481 e. The Morgan fingerprint density at radius 1 is 1.22 bits per heavy atom. The zero-order chi connectivity index (χ0) is 16.7. The second-order valence-corrected chi connectivity index (χ2v) is 5.33. The molecule has 0 saturated carbocycles. The Balaban J connectivity index is 2.00. The summed E-state index contributed by atoms with van der Waals surface area (Å²) in [5.74, 6) is -1.47. The van der Waals surface area contributed by atoms with E-state index in [1.54, 1.807) is 42.7 Å². The quantitative estimate of drug-likeness (QED) is 0.723. The molecule has 0 aliphatic heterocycles. The number of pyridine rings is 1. The van der Waals surface area contributed by atoms with E-state index in [4.69, 9.17) is 16.7 Å². The molecule has 6 nitrogen and oxygen atoms in total. The van der Waals surface area contributed by atoms with Crippen molar-refractivity contribution in [3.63, 3.8) is 0 Å². The van der Waals surface area contributed by atoms with Crippen molar-refractivity contribution >= 4 is 29.2 Å². The van der Waals surface area contributed by atoms with Crippen LogP contribution in [-0.4, -0.2) is 28.0 Å². The minimum atomic E-state index is -1.06. The summed E-state index contributed by atoms with van der Waals surface area (Å²) < 4.78 is 0. The Kier molecular flexibility index (Phi) is 6.08. The van der Waals surface area contributed by atoms with Gasteiger partial charge in [0.1, 0.15) is 0 Å². The lowest BCUT2D eigenvalue weighted by Gasteiger charge is -2.17. The Morgan fingerprint density at radius 3 is 2.57 bits per heavy atom. The van der Waals surface area contributed by atoms with Crippen LogP contribution in [0, 0.1) is 0 Å². The van der Waals surface area contributed by atoms with Gasteiger partial charge < -0.3 is 15.7 Å². The molecule has 23 heavy (non-hydrogen) atoms. The fraction of sp³-hybridized carbons (Fsp3) is 0.188. The number of carboxylic acid groups (broad SMARTS) is 1. The van der Waals surface area contributed by atoms with Gasteiger partial charge in [-0.1, -0.05) is 17.7 Å². The van der Waals surface area contributed by atoms with Crippen LogP contribution < -0.4 is 10.6 Å². The fourth-order valence-electron chi connectivity index (χ4n) is 1.94. The first kappa shape index (κ1) is 16.9. The van der Waals surface area contributed by atoms with Crippen LogP contribution in [0.2, 0.25) is 5.02 Å². The maximum atomic E-state index is 12.3. The number of nitrogens with zero attached hydrogens (tertiary/aromatic N) is 1. The molecule has 1 unspecified atom stereocenters. The Morgan fingerprint density at radius 2 is 1.96 bits per heavy atom. The van der Waals surface area contributed by atoms with Crippen molar-refractivity contribution < 1.29 is 14.7 Å². The van der Waals surface area contributed by atoms with Gasteiger partial charge in [-0.25, -0.2) is 0 Å². The number of rotatable bonds is 7. The van der Waals surface area contributed by atoms with Crippen molar-refractivity contribution in [1.29, 1.82) is 0 Å². The minimum Gasteiger partial charge on any atom is -0.481 e. The first-order valence-corrected chi connectivity index (χ1v) is 7.33. The molecule has 0 aliphatic carbocycles. The molecule has 2 aromatic rings. The number of halogens is 1. The van der Waals surface area contributed by atoms with Crippen molar-refractivity contribution in [2.24, 2.45) is 0 Å². The number of aromatic nitrogens is 1. The molecule has 1 aromatic heterocycles. The average molecular weight is 334 g/mol. The molecule has 1 atom stereocenters. The van der Waals surface area contributed by atoms with E-state index in [9.17, 15) is 9.59 Å². The summed E-state index contributed by atoms with van der Waals surface area (Å²) in [5.41, 5.74) is 1.42. The van der Waals surface area contributed by atoms with Gasteiger partial charge in [-0.05, 0) is 35.9 Å². The highest BCUT2D eigenvalue weighted by molar-refractivity contribution is 6.30. The maximum Gasteiger partial charge on any atom is 0.305 e. The lowest BCUT2D eigenvalue weighted by Crippen LogP contribution is -2.41. The van der Waals surface area contributed by atoms with Crippen LogP contribution >= 0.6 is 11.6 Å². The summed E-state index contributed by atoms with van der Waals surface area (Å²) in [7, 11) is 0. The number of hydrogen-bond acceptors (Lipinski definition) is 4. The molecular weight excluding hydrogens is 318 g/mol. The van der Waals surface area contributed by atoms with Crippen LogP contribution in [-0.2, 0) is 16.1 Å². The van der Waals surface area contributed by atoms with E-state index < -0.39 is 17.9 Å². The van der Waals surface area contributed by atoms with E-state index in [-0.39, 0.29) is 6.42 Å². The number of anilines is 1. The number of nitrogens with one attached hydrogen (secondary N) is 2. The average Bonchev–Trinajstić information content (AvgIpc) is 2.54. The molecule has 0 fully saturated rings. The third-order valence-electron chi connectivity index (χ3n) is 3.08. The number of aliphatic carboxylic acids is 1. The van der Waals surface area contributed by atoms with Gasteiger partial charge in [0.05, 0.1) is 12.5 Å². The number of benzene rings is 1. The number of carboxylic acids is 1. The summed E-state index contributed by atoms with van der Waals surface area (Å²) in [4.78, 5) is 27.2. The monoisotopic (exact) mass is 333 g/mol. The number of hydrogen-bond donors (Lipinski definition) is 3. The molecule has 0 spiro atoms. The zero-order valence-corrected chi connectivity index (χ0v) is 13.0. The van der Waals surface area contributed by atoms with Gasteiger partial charge in [0.25, 0.3) is 0 Å². The first-order valence-electron chi connectivity index (χ1n) is 6.95. The van der Waals surface area contributed by atoms with E-state index in [0.29, 0.717) is 17.3 Å². The molecule has 1 aromatic carbocycles. The highest BCUT2D eigenvalue weighted by atomic mass is 35.5. The molecule has 2 rings (SSSR count). The minimum absolute atomic E-state index is 0.320. The Labute approximate surface area is 138 Å². The molecule has 7 heteroatoms. The standard InChI is InChI=1S/C16H16ClN3O3/c17-12-3-5-13(6-4-12)20-16(23)14(8-15(21)22)19-10-11-2-1-7-18-9-11/h1-7,9,14,19H,8,10H2,(H,20,23)(H,21,22). The third-order valence-corrected chi connectivity index (χ3v) is 3.33. The fourth-order valence-corrected chi connectivity index (χ4v) is 2.06. The SMILES string of the molecule is O=C(O)CC(NCc1cccnc1)C(=O)Nc1ccc(Cl)cc1. The predicted molar refractivity (Wildman–Crippen MR) is 87.2 cm³/mol. The van der Waals surface area contributed by atoms with E-state index >= 15 is 0 Å². The van der Waals surface area contributed by atoms with Crippen molar-refractivity contribution in [3.8, 4) is 0 Å². The molecule has 0 radical (unpaired) electrons. The third kappa shape index (κ3) is 5.69. The van der Waals surface area contributed by atoms with Gasteiger partial charge in [-0.15, -0.1) is 0 Å². The topological polar surface area (TPSA) is 91.3 Å². The highest BCUT2D eigenvalue weighted by Crippen LogP contribution is 2.14. The van der Waals surface area contributed by atoms with Crippen LogP contribution in [0.15, 0.2) is 48.8 Å². The molecule has 120 valence electrons. The van der Waals surface area contributed by atoms with Gasteiger partial charge >= 0.3 is 5.97 Å². The van der Waals surface area contributed by atoms with Crippen molar-refractivity contribution in [2.75, 3.05) is 5.32 Å². The van der Waals surface area contributed by atoms with Gasteiger partial charge in [0, 0.05) is 29.6 Å². The van der Waals surface area contributed by atoms with Gasteiger partial charge in [-0.2, -0.15) is 0 Å². The molecule has 3 N–H and O–H groups in total. The number of carbonyl (C=O) groups is 2. The van der Waals surface area contributed by atoms with E-state index in [2.05, 4.69) is 15.6 Å². The van der Waals surface area contributed by atoms with E-state index in [0.717, 1.165) is 5.56 Å². The van der Waals surface area contributed by atoms with Crippen molar-refractivity contribution in [1.82, 2.24) is 10.3 Å². The van der Waals surface area contributed by atoms with Crippen LogP contribution in [0.1, 0.15) is 12.0 Å². The van der Waals surface area contributed by atoms with Gasteiger partial charge in [0.2, 0.25) is 5.91 Å².